The maximum atomic E-state index is 13.2. The molecule has 2 aromatic rings. The number of fused-ring (bicyclic) bond motifs is 1. The first kappa shape index (κ1) is 21.2. The van der Waals surface area contributed by atoms with Gasteiger partial charge in [-0.25, -0.2) is 0 Å². The number of imide groups is 1. The summed E-state index contributed by atoms with van der Waals surface area (Å²) in [6.45, 7) is 2.67. The highest BCUT2D eigenvalue weighted by molar-refractivity contribution is 6.22. The number of piperazine rings is 1. The standard InChI is InChI=1S/C26H27N3O4/c1-33-21-11-9-19(10-12-21)27-13-15-28(16-14-27)24(30)18-5-4-6-20(17-18)29-25(31)22-7-2-3-8-23(22)26(29)32/h2-6,9-12,17,22-23H,7-8,13-16H2,1H3/t22-,23+. The van der Waals surface area contributed by atoms with E-state index in [1.807, 2.05) is 41.3 Å². The Morgan fingerprint density at radius 1 is 0.848 bits per heavy atom. The van der Waals surface area contributed by atoms with Crippen molar-refractivity contribution in [1.29, 1.82) is 0 Å². The molecule has 33 heavy (non-hydrogen) atoms. The van der Waals surface area contributed by atoms with Crippen molar-refractivity contribution in [2.24, 2.45) is 11.8 Å². The second-order valence-electron chi connectivity index (χ2n) is 8.70. The van der Waals surface area contributed by atoms with Crippen LogP contribution in [0.1, 0.15) is 23.2 Å². The van der Waals surface area contributed by atoms with Crippen LogP contribution in [0.5, 0.6) is 5.75 Å². The van der Waals surface area contributed by atoms with Gasteiger partial charge in [0.1, 0.15) is 5.75 Å². The topological polar surface area (TPSA) is 70.2 Å². The number of benzene rings is 2. The fraction of sp³-hybridized carbons (Fsp3) is 0.346. The zero-order chi connectivity index (χ0) is 22.9. The molecule has 2 atom stereocenters. The molecule has 2 saturated heterocycles. The number of carbonyl (C=O) groups is 3. The lowest BCUT2D eigenvalue weighted by Gasteiger charge is -2.36. The van der Waals surface area contributed by atoms with Gasteiger partial charge in [-0.05, 0) is 55.3 Å². The Labute approximate surface area is 193 Å². The van der Waals surface area contributed by atoms with Crippen LogP contribution in [0.25, 0.3) is 0 Å². The van der Waals surface area contributed by atoms with E-state index in [2.05, 4.69) is 4.90 Å². The Morgan fingerprint density at radius 3 is 2.09 bits per heavy atom. The quantitative estimate of drug-likeness (QED) is 0.534. The molecule has 0 saturated carbocycles. The maximum Gasteiger partial charge on any atom is 0.254 e. The lowest BCUT2D eigenvalue weighted by Crippen LogP contribution is -2.48. The molecule has 2 aromatic carbocycles. The summed E-state index contributed by atoms with van der Waals surface area (Å²) in [4.78, 5) is 44.4. The van der Waals surface area contributed by atoms with Crippen LogP contribution in [-0.2, 0) is 9.59 Å². The third-order valence-corrected chi connectivity index (χ3v) is 6.86. The summed E-state index contributed by atoms with van der Waals surface area (Å²) in [5, 5.41) is 0. The Bertz CT molecular complexity index is 1080. The lowest BCUT2D eigenvalue weighted by molar-refractivity contribution is -0.122. The minimum atomic E-state index is -0.284. The van der Waals surface area contributed by atoms with Crippen molar-refractivity contribution in [1.82, 2.24) is 4.90 Å². The number of anilines is 2. The van der Waals surface area contributed by atoms with Crippen molar-refractivity contribution < 1.29 is 19.1 Å². The second-order valence-corrected chi connectivity index (χ2v) is 8.70. The van der Waals surface area contributed by atoms with Crippen molar-refractivity contribution in [3.05, 3.63) is 66.2 Å². The zero-order valence-corrected chi connectivity index (χ0v) is 18.6. The number of carbonyl (C=O) groups excluding carboxylic acids is 3. The molecule has 0 aromatic heterocycles. The number of allylic oxidation sites excluding steroid dienone is 2. The molecule has 3 aliphatic rings. The molecule has 170 valence electrons. The van der Waals surface area contributed by atoms with Gasteiger partial charge >= 0.3 is 0 Å². The van der Waals surface area contributed by atoms with Gasteiger partial charge in [0.05, 0.1) is 24.6 Å². The number of amides is 3. The minimum absolute atomic E-state index is 0.0793. The molecule has 2 aliphatic heterocycles. The summed E-state index contributed by atoms with van der Waals surface area (Å²) in [5.74, 6) is -0.151. The van der Waals surface area contributed by atoms with Gasteiger partial charge in [-0.2, -0.15) is 0 Å². The van der Waals surface area contributed by atoms with E-state index in [1.54, 1.807) is 31.4 Å². The van der Waals surface area contributed by atoms with E-state index >= 15 is 0 Å². The molecule has 0 bridgehead atoms. The van der Waals surface area contributed by atoms with E-state index < -0.39 is 0 Å². The van der Waals surface area contributed by atoms with Crippen LogP contribution in [0.15, 0.2) is 60.7 Å². The molecule has 0 spiro atoms. The first-order valence-corrected chi connectivity index (χ1v) is 11.4. The lowest BCUT2D eigenvalue weighted by atomic mass is 9.85. The third kappa shape index (κ3) is 3.88. The van der Waals surface area contributed by atoms with E-state index in [4.69, 9.17) is 4.74 Å². The van der Waals surface area contributed by atoms with Crippen LogP contribution in [0.3, 0.4) is 0 Å². The van der Waals surface area contributed by atoms with Crippen molar-refractivity contribution >= 4 is 29.1 Å². The molecule has 1 aliphatic carbocycles. The van der Waals surface area contributed by atoms with Gasteiger partial charge < -0.3 is 14.5 Å². The van der Waals surface area contributed by atoms with Crippen LogP contribution in [0, 0.1) is 11.8 Å². The largest absolute Gasteiger partial charge is 0.497 e. The Hall–Kier alpha value is -3.61. The molecule has 7 nitrogen and oxygen atoms in total. The van der Waals surface area contributed by atoms with Gasteiger partial charge in [0, 0.05) is 37.4 Å². The normalized spacial score (nSPS) is 22.5. The average molecular weight is 446 g/mol. The van der Waals surface area contributed by atoms with Crippen LogP contribution in [0.4, 0.5) is 11.4 Å². The fourth-order valence-electron chi connectivity index (χ4n) is 4.98. The van der Waals surface area contributed by atoms with Gasteiger partial charge in [0.25, 0.3) is 5.91 Å². The van der Waals surface area contributed by atoms with Crippen molar-refractivity contribution in [3.63, 3.8) is 0 Å². The highest BCUT2D eigenvalue weighted by Gasteiger charge is 2.47. The van der Waals surface area contributed by atoms with Crippen LogP contribution in [0.2, 0.25) is 0 Å². The SMILES string of the molecule is COc1ccc(N2CCN(C(=O)c3cccc(N4C(=O)[C@H]5CC=CC[C@H]5C4=O)c3)CC2)cc1. The van der Waals surface area contributed by atoms with E-state index in [-0.39, 0.29) is 29.6 Å². The predicted octanol–water partition coefficient (Wildman–Crippen LogP) is 3.11. The maximum absolute atomic E-state index is 13.2. The number of hydrogen-bond donors (Lipinski definition) is 0. The number of nitrogens with zero attached hydrogens (tertiary/aromatic N) is 3. The molecule has 2 fully saturated rings. The summed E-state index contributed by atoms with van der Waals surface area (Å²) in [6.07, 6.45) is 5.15. The van der Waals surface area contributed by atoms with Gasteiger partial charge in [0.15, 0.2) is 0 Å². The number of ether oxygens (including phenoxy) is 1. The van der Waals surface area contributed by atoms with Crippen molar-refractivity contribution in [3.8, 4) is 5.75 Å². The summed E-state index contributed by atoms with van der Waals surface area (Å²) in [7, 11) is 1.65. The van der Waals surface area contributed by atoms with Gasteiger partial charge in [-0.1, -0.05) is 18.2 Å². The summed E-state index contributed by atoms with van der Waals surface area (Å²) < 4.78 is 5.22. The van der Waals surface area contributed by atoms with E-state index in [0.717, 1.165) is 24.5 Å². The first-order chi connectivity index (χ1) is 16.1. The first-order valence-electron chi connectivity index (χ1n) is 11.4. The highest BCUT2D eigenvalue weighted by atomic mass is 16.5. The van der Waals surface area contributed by atoms with Crippen molar-refractivity contribution in [2.45, 2.75) is 12.8 Å². The van der Waals surface area contributed by atoms with E-state index in [9.17, 15) is 14.4 Å². The van der Waals surface area contributed by atoms with Crippen LogP contribution < -0.4 is 14.5 Å². The Morgan fingerprint density at radius 2 is 1.48 bits per heavy atom. The number of methoxy groups -OCH3 is 1. The summed E-state index contributed by atoms with van der Waals surface area (Å²) in [6, 6.07) is 14.8. The molecule has 7 heteroatoms. The van der Waals surface area contributed by atoms with Gasteiger partial charge in [-0.3, -0.25) is 19.3 Å². The molecule has 2 heterocycles. The molecular formula is C26H27N3O4. The summed E-state index contributed by atoms with van der Waals surface area (Å²) in [5.41, 5.74) is 2.09. The highest BCUT2D eigenvalue weighted by Crippen LogP contribution is 2.37. The monoisotopic (exact) mass is 445 g/mol. The average Bonchev–Trinajstić information content (AvgIpc) is 3.13. The number of rotatable bonds is 4. The van der Waals surface area contributed by atoms with E-state index in [1.165, 1.54) is 4.90 Å². The van der Waals surface area contributed by atoms with Crippen LogP contribution >= 0.6 is 0 Å². The summed E-state index contributed by atoms with van der Waals surface area (Å²) >= 11 is 0. The molecule has 5 rings (SSSR count). The molecule has 3 amide bonds. The van der Waals surface area contributed by atoms with Crippen LogP contribution in [-0.4, -0.2) is 55.9 Å². The molecular weight excluding hydrogens is 418 g/mol. The van der Waals surface area contributed by atoms with Gasteiger partial charge in [-0.15, -0.1) is 0 Å². The minimum Gasteiger partial charge on any atom is -0.497 e. The van der Waals surface area contributed by atoms with E-state index in [0.29, 0.717) is 37.2 Å². The Kier molecular flexibility index (Phi) is 5.62. The Balaban J connectivity index is 1.27. The third-order valence-electron chi connectivity index (χ3n) is 6.86. The predicted molar refractivity (Wildman–Crippen MR) is 125 cm³/mol. The smallest absolute Gasteiger partial charge is 0.254 e. The van der Waals surface area contributed by atoms with Gasteiger partial charge in [0.2, 0.25) is 11.8 Å². The fourth-order valence-corrected chi connectivity index (χ4v) is 4.98. The number of hydrogen-bond acceptors (Lipinski definition) is 5. The van der Waals surface area contributed by atoms with Crippen molar-refractivity contribution in [2.75, 3.05) is 43.1 Å². The second kappa shape index (κ2) is 8.73. The molecule has 0 radical (unpaired) electrons. The molecule has 0 N–H and O–H groups in total. The zero-order valence-electron chi connectivity index (χ0n) is 18.6. The molecule has 0 unspecified atom stereocenters.